The Morgan fingerprint density at radius 1 is 1.03 bits per heavy atom. The smallest absolute Gasteiger partial charge is 0.264 e. The second-order valence-electron chi connectivity index (χ2n) is 7.45. The first-order chi connectivity index (χ1) is 14.7. The monoisotopic (exact) mass is 438 g/mol. The van der Waals surface area contributed by atoms with Crippen molar-refractivity contribution in [3.63, 3.8) is 0 Å². The molecule has 0 unspecified atom stereocenters. The summed E-state index contributed by atoms with van der Waals surface area (Å²) in [5, 5.41) is 2.76. The molecule has 8 nitrogen and oxygen atoms in total. The second kappa shape index (κ2) is 7.99. The van der Waals surface area contributed by atoms with Crippen LogP contribution in [0.4, 0.5) is 5.95 Å². The zero-order valence-electron chi connectivity index (χ0n) is 17.3. The van der Waals surface area contributed by atoms with Gasteiger partial charge in [-0.2, -0.15) is 4.98 Å². The molecule has 31 heavy (non-hydrogen) atoms. The number of hydrogen-bond acceptors (Lipinski definition) is 6. The number of aryl methyl sites for hydroxylation is 2. The van der Waals surface area contributed by atoms with Gasteiger partial charge in [-0.25, -0.2) is 18.1 Å². The molecule has 3 aromatic rings. The number of nitrogens with one attached hydrogen (secondary N) is 2. The molecule has 1 aliphatic rings. The van der Waals surface area contributed by atoms with Crippen LogP contribution in [0, 0.1) is 13.8 Å². The lowest BCUT2D eigenvalue weighted by Crippen LogP contribution is -2.33. The van der Waals surface area contributed by atoms with Crippen LogP contribution in [-0.4, -0.2) is 36.9 Å². The van der Waals surface area contributed by atoms with Crippen LogP contribution in [0.1, 0.15) is 28.4 Å². The summed E-state index contributed by atoms with van der Waals surface area (Å²) in [7, 11) is -4.03. The maximum Gasteiger partial charge on any atom is 0.264 e. The molecule has 4 rings (SSSR count). The number of ether oxygens (including phenoxy) is 1. The van der Waals surface area contributed by atoms with E-state index >= 15 is 0 Å². The number of aromatic nitrogens is 2. The number of nitrogens with zero attached hydrogens (tertiary/aromatic N) is 2. The van der Waals surface area contributed by atoms with E-state index in [2.05, 4.69) is 20.0 Å². The summed E-state index contributed by atoms with van der Waals surface area (Å²) in [6.07, 6.45) is -0.405. The summed E-state index contributed by atoms with van der Waals surface area (Å²) in [6.45, 7) is 5.93. The molecule has 1 aromatic heterocycles. The topological polar surface area (TPSA) is 110 Å². The fourth-order valence-corrected chi connectivity index (χ4v) is 4.44. The SMILES string of the molecule is Cc1cccc(C)c1-c1cc2nc(n1)NS(=O)(=O)c1cccc(c1)C(=O)NC[C@H](C)O2. The molecule has 1 atom stereocenters. The van der Waals surface area contributed by atoms with Gasteiger partial charge in [0, 0.05) is 17.2 Å². The molecule has 2 N–H and O–H groups in total. The van der Waals surface area contributed by atoms with E-state index in [0.717, 1.165) is 16.7 Å². The molecule has 160 valence electrons. The zero-order chi connectivity index (χ0) is 22.2. The van der Waals surface area contributed by atoms with Gasteiger partial charge < -0.3 is 10.1 Å². The molecule has 0 aliphatic carbocycles. The molecule has 0 saturated carbocycles. The van der Waals surface area contributed by atoms with Crippen LogP contribution in [0.2, 0.25) is 0 Å². The van der Waals surface area contributed by atoms with E-state index in [9.17, 15) is 13.2 Å². The van der Waals surface area contributed by atoms with E-state index in [0.29, 0.717) is 5.69 Å². The van der Waals surface area contributed by atoms with Crippen LogP contribution in [0.15, 0.2) is 53.4 Å². The van der Waals surface area contributed by atoms with E-state index in [1.54, 1.807) is 19.1 Å². The van der Waals surface area contributed by atoms with Crippen molar-refractivity contribution in [2.45, 2.75) is 31.8 Å². The van der Waals surface area contributed by atoms with Crippen molar-refractivity contribution in [1.29, 1.82) is 0 Å². The van der Waals surface area contributed by atoms with Crippen LogP contribution in [-0.2, 0) is 10.0 Å². The van der Waals surface area contributed by atoms with Crippen LogP contribution in [0.5, 0.6) is 5.88 Å². The molecular weight excluding hydrogens is 416 g/mol. The van der Waals surface area contributed by atoms with Gasteiger partial charge in [-0.3, -0.25) is 4.79 Å². The van der Waals surface area contributed by atoms with Crippen LogP contribution in [0.25, 0.3) is 11.3 Å². The molecule has 0 saturated heterocycles. The number of anilines is 1. The Morgan fingerprint density at radius 2 is 1.74 bits per heavy atom. The third kappa shape index (κ3) is 4.36. The first-order valence-corrected chi connectivity index (χ1v) is 11.2. The van der Waals surface area contributed by atoms with Crippen LogP contribution < -0.4 is 14.8 Å². The minimum absolute atomic E-state index is 0.0593. The van der Waals surface area contributed by atoms with Gasteiger partial charge >= 0.3 is 0 Å². The molecule has 0 radical (unpaired) electrons. The van der Waals surface area contributed by atoms with Crippen molar-refractivity contribution in [1.82, 2.24) is 15.3 Å². The lowest BCUT2D eigenvalue weighted by atomic mass is 10.00. The van der Waals surface area contributed by atoms with Gasteiger partial charge in [0.05, 0.1) is 17.1 Å². The van der Waals surface area contributed by atoms with Gasteiger partial charge in [0.25, 0.3) is 15.9 Å². The highest BCUT2D eigenvalue weighted by atomic mass is 32.2. The van der Waals surface area contributed by atoms with Gasteiger partial charge in [0.2, 0.25) is 11.8 Å². The fourth-order valence-electron chi connectivity index (χ4n) is 3.45. The van der Waals surface area contributed by atoms with Crippen molar-refractivity contribution in [2.24, 2.45) is 0 Å². The van der Waals surface area contributed by atoms with Gasteiger partial charge in [0.15, 0.2) is 0 Å². The third-order valence-electron chi connectivity index (χ3n) is 4.94. The Morgan fingerprint density at radius 3 is 2.48 bits per heavy atom. The van der Waals surface area contributed by atoms with Gasteiger partial charge in [0.1, 0.15) is 6.10 Å². The first-order valence-electron chi connectivity index (χ1n) is 9.76. The Bertz CT molecular complexity index is 1250. The Kier molecular flexibility index (Phi) is 5.36. The van der Waals surface area contributed by atoms with Crippen LogP contribution >= 0.6 is 0 Å². The van der Waals surface area contributed by atoms with Crippen molar-refractivity contribution in [3.05, 3.63) is 65.2 Å². The van der Waals surface area contributed by atoms with E-state index in [-0.39, 0.29) is 34.7 Å². The van der Waals surface area contributed by atoms with E-state index in [1.165, 1.54) is 18.2 Å². The minimum Gasteiger partial charge on any atom is -0.473 e. The number of rotatable bonds is 1. The summed E-state index contributed by atoms with van der Waals surface area (Å²) in [5.74, 6) is -0.287. The highest BCUT2D eigenvalue weighted by Gasteiger charge is 2.21. The van der Waals surface area contributed by atoms with Crippen molar-refractivity contribution in [3.8, 4) is 17.1 Å². The van der Waals surface area contributed by atoms with Gasteiger partial charge in [-0.1, -0.05) is 24.3 Å². The maximum absolute atomic E-state index is 13.0. The fraction of sp³-hybridized carbons (Fsp3) is 0.227. The van der Waals surface area contributed by atoms with Crippen LogP contribution in [0.3, 0.4) is 0 Å². The molecule has 9 heteroatoms. The predicted octanol–water partition coefficient (Wildman–Crippen LogP) is 3.07. The van der Waals surface area contributed by atoms with Crippen molar-refractivity contribution < 1.29 is 17.9 Å². The highest BCUT2D eigenvalue weighted by molar-refractivity contribution is 7.92. The Hall–Kier alpha value is -3.46. The number of amides is 1. The van der Waals surface area contributed by atoms with E-state index in [4.69, 9.17) is 4.74 Å². The Labute approximate surface area is 180 Å². The summed E-state index contributed by atoms with van der Waals surface area (Å²) in [5.41, 5.74) is 3.63. The van der Waals surface area contributed by atoms with Crippen molar-refractivity contribution in [2.75, 3.05) is 11.3 Å². The highest BCUT2D eigenvalue weighted by Crippen LogP contribution is 2.29. The summed E-state index contributed by atoms with van der Waals surface area (Å²) in [6, 6.07) is 13.3. The van der Waals surface area contributed by atoms with E-state index < -0.39 is 16.1 Å². The third-order valence-corrected chi connectivity index (χ3v) is 6.27. The van der Waals surface area contributed by atoms with E-state index in [1.807, 2.05) is 32.0 Å². The predicted molar refractivity (Wildman–Crippen MR) is 117 cm³/mol. The zero-order valence-corrected chi connectivity index (χ0v) is 18.2. The standard InChI is InChI=1S/C22H22N4O4S/c1-13-6-4-7-14(2)20(13)18-11-19-25-22(24-18)26-31(28,29)17-9-5-8-16(10-17)21(27)23-12-15(3)30-19/h4-11,15H,12H2,1-3H3,(H,23,27)(H,24,25,26)/t15-/m0/s1. The molecule has 0 fully saturated rings. The summed E-state index contributed by atoms with van der Waals surface area (Å²) in [4.78, 5) is 21.1. The molecule has 0 spiro atoms. The molecule has 1 aliphatic heterocycles. The number of fused-ring (bicyclic) bond motifs is 4. The largest absolute Gasteiger partial charge is 0.473 e. The number of carbonyl (C=O) groups excluding carboxylic acids is 1. The molecule has 2 heterocycles. The minimum atomic E-state index is -4.03. The van der Waals surface area contributed by atoms with Gasteiger partial charge in [-0.05, 0) is 50.1 Å². The lowest BCUT2D eigenvalue weighted by molar-refractivity contribution is 0.0930. The quantitative estimate of drug-likeness (QED) is 0.604. The lowest BCUT2D eigenvalue weighted by Gasteiger charge is -2.17. The average Bonchev–Trinajstić information content (AvgIpc) is 2.71. The molecule has 2 aromatic carbocycles. The molecule has 1 amide bonds. The normalized spacial score (nSPS) is 17.8. The molecule has 4 bridgehead atoms. The first kappa shape index (κ1) is 20.8. The maximum atomic E-state index is 13.0. The average molecular weight is 439 g/mol. The van der Waals surface area contributed by atoms with Gasteiger partial charge in [-0.15, -0.1) is 0 Å². The number of benzene rings is 2. The summed E-state index contributed by atoms with van der Waals surface area (Å²) < 4.78 is 34.2. The summed E-state index contributed by atoms with van der Waals surface area (Å²) >= 11 is 0. The number of carbonyl (C=O) groups is 1. The molecular formula is C22H22N4O4S. The number of sulfonamides is 1. The Balaban J connectivity index is 1.87. The second-order valence-corrected chi connectivity index (χ2v) is 9.14. The van der Waals surface area contributed by atoms with Crippen molar-refractivity contribution >= 4 is 21.9 Å². The number of hydrogen-bond donors (Lipinski definition) is 2.